The van der Waals surface area contributed by atoms with Crippen LogP contribution in [0.3, 0.4) is 0 Å². The van der Waals surface area contributed by atoms with Crippen molar-refractivity contribution in [1.82, 2.24) is 14.9 Å². The van der Waals surface area contributed by atoms with Crippen LogP contribution >= 0.6 is 0 Å². The molecule has 1 aliphatic rings. The molecule has 2 N–H and O–H groups in total. The Bertz CT molecular complexity index is 604. The summed E-state index contributed by atoms with van der Waals surface area (Å²) in [6, 6.07) is 0. The molecule has 1 aromatic heterocycles. The highest BCUT2D eigenvalue weighted by Crippen LogP contribution is 2.23. The molecule has 0 spiro atoms. The molecule has 0 aromatic carbocycles. The topological polar surface area (TPSA) is 102 Å². The van der Waals surface area contributed by atoms with Crippen molar-refractivity contribution >= 4 is 23.5 Å². The standard InChI is InChI=1S/C15H23N5O3/c1-10(21)11-12(16)17-9-18-13(11)19-5-7-20(8-6-19)14(22)23-15(2,3)4/h9H,5-8H2,1-4H3,(H2,16,17,18). The summed E-state index contributed by atoms with van der Waals surface area (Å²) >= 11 is 0. The number of ether oxygens (including phenoxy) is 1. The molecule has 1 saturated heterocycles. The molecule has 8 heteroatoms. The van der Waals surface area contributed by atoms with Crippen molar-refractivity contribution in [2.24, 2.45) is 0 Å². The first-order chi connectivity index (χ1) is 10.7. The monoisotopic (exact) mass is 321 g/mol. The van der Waals surface area contributed by atoms with Crippen molar-refractivity contribution in [3.8, 4) is 0 Å². The average molecular weight is 321 g/mol. The van der Waals surface area contributed by atoms with Gasteiger partial charge < -0.3 is 20.3 Å². The van der Waals surface area contributed by atoms with Gasteiger partial charge in [-0.15, -0.1) is 0 Å². The molecule has 1 fully saturated rings. The fraction of sp³-hybridized carbons (Fsp3) is 0.600. The molecule has 0 saturated carbocycles. The normalized spacial score (nSPS) is 15.5. The fourth-order valence-corrected chi connectivity index (χ4v) is 2.39. The number of rotatable bonds is 2. The lowest BCUT2D eigenvalue weighted by Crippen LogP contribution is -2.50. The predicted octanol–water partition coefficient (Wildman–Crippen LogP) is 1.32. The Kier molecular flexibility index (Phi) is 4.72. The Morgan fingerprint density at radius 2 is 1.78 bits per heavy atom. The number of Topliss-reactive ketones (excluding diaryl/α,β-unsaturated/α-hetero) is 1. The number of aromatic nitrogens is 2. The number of carbonyl (C=O) groups is 2. The van der Waals surface area contributed by atoms with E-state index < -0.39 is 5.60 Å². The number of amides is 1. The quantitative estimate of drug-likeness (QED) is 0.819. The van der Waals surface area contributed by atoms with Crippen molar-refractivity contribution < 1.29 is 14.3 Å². The number of carbonyl (C=O) groups excluding carboxylic acids is 2. The summed E-state index contributed by atoms with van der Waals surface area (Å²) in [5.74, 6) is 0.526. The van der Waals surface area contributed by atoms with E-state index in [1.165, 1.54) is 13.3 Å². The van der Waals surface area contributed by atoms with Gasteiger partial charge in [-0.05, 0) is 27.7 Å². The van der Waals surface area contributed by atoms with Gasteiger partial charge in [0.25, 0.3) is 0 Å². The molecule has 8 nitrogen and oxygen atoms in total. The van der Waals surface area contributed by atoms with Gasteiger partial charge in [0.2, 0.25) is 0 Å². The van der Waals surface area contributed by atoms with Gasteiger partial charge in [0, 0.05) is 26.2 Å². The molecule has 2 rings (SSSR count). The Balaban J connectivity index is 2.07. The Hall–Kier alpha value is -2.38. The number of ketones is 1. The van der Waals surface area contributed by atoms with E-state index in [-0.39, 0.29) is 17.7 Å². The van der Waals surface area contributed by atoms with Crippen LogP contribution in [-0.4, -0.2) is 58.5 Å². The molecule has 0 unspecified atom stereocenters. The van der Waals surface area contributed by atoms with Gasteiger partial charge in [-0.1, -0.05) is 0 Å². The summed E-state index contributed by atoms with van der Waals surface area (Å²) in [5.41, 5.74) is 5.61. The second-order valence-electron chi connectivity index (χ2n) is 6.47. The van der Waals surface area contributed by atoms with Crippen LogP contribution in [0.15, 0.2) is 6.33 Å². The van der Waals surface area contributed by atoms with Crippen LogP contribution < -0.4 is 10.6 Å². The lowest BCUT2D eigenvalue weighted by atomic mass is 10.1. The fourth-order valence-electron chi connectivity index (χ4n) is 2.39. The van der Waals surface area contributed by atoms with Crippen molar-refractivity contribution in [3.05, 3.63) is 11.9 Å². The SMILES string of the molecule is CC(=O)c1c(N)ncnc1N1CCN(C(=O)OC(C)(C)C)CC1. The number of anilines is 2. The first-order valence-electron chi connectivity index (χ1n) is 7.53. The van der Waals surface area contributed by atoms with E-state index in [0.717, 1.165) is 0 Å². The largest absolute Gasteiger partial charge is 0.444 e. The van der Waals surface area contributed by atoms with Crippen molar-refractivity contribution in [1.29, 1.82) is 0 Å². The molecule has 2 heterocycles. The summed E-state index contributed by atoms with van der Waals surface area (Å²) in [5, 5.41) is 0. The summed E-state index contributed by atoms with van der Waals surface area (Å²) in [4.78, 5) is 35.5. The van der Waals surface area contributed by atoms with Crippen LogP contribution in [0.2, 0.25) is 0 Å². The molecule has 1 amide bonds. The Morgan fingerprint density at radius 3 is 2.30 bits per heavy atom. The first kappa shape index (κ1) is 17.0. The molecule has 0 atom stereocenters. The van der Waals surface area contributed by atoms with Crippen LogP contribution in [-0.2, 0) is 4.74 Å². The van der Waals surface area contributed by atoms with E-state index >= 15 is 0 Å². The number of nitrogens with zero attached hydrogens (tertiary/aromatic N) is 4. The van der Waals surface area contributed by atoms with Gasteiger partial charge in [-0.25, -0.2) is 14.8 Å². The van der Waals surface area contributed by atoms with Gasteiger partial charge in [0.15, 0.2) is 5.78 Å². The van der Waals surface area contributed by atoms with E-state index in [4.69, 9.17) is 10.5 Å². The number of hydrogen-bond donors (Lipinski definition) is 1. The summed E-state index contributed by atoms with van der Waals surface area (Å²) in [6.07, 6.45) is 1.02. The van der Waals surface area contributed by atoms with Crippen molar-refractivity contribution in [3.63, 3.8) is 0 Å². The van der Waals surface area contributed by atoms with E-state index in [1.807, 2.05) is 25.7 Å². The highest BCUT2D eigenvalue weighted by atomic mass is 16.6. The molecule has 0 aliphatic carbocycles. The summed E-state index contributed by atoms with van der Waals surface area (Å²) in [7, 11) is 0. The number of hydrogen-bond acceptors (Lipinski definition) is 7. The van der Waals surface area contributed by atoms with Crippen LogP contribution in [0.1, 0.15) is 38.1 Å². The minimum absolute atomic E-state index is 0.173. The number of piperazine rings is 1. The minimum Gasteiger partial charge on any atom is -0.444 e. The number of nitrogen functional groups attached to an aromatic ring is 1. The highest BCUT2D eigenvalue weighted by Gasteiger charge is 2.28. The second-order valence-corrected chi connectivity index (χ2v) is 6.47. The zero-order valence-electron chi connectivity index (χ0n) is 14.0. The highest BCUT2D eigenvalue weighted by molar-refractivity contribution is 6.02. The van der Waals surface area contributed by atoms with E-state index in [0.29, 0.717) is 37.6 Å². The van der Waals surface area contributed by atoms with Gasteiger partial charge >= 0.3 is 6.09 Å². The molecular formula is C15H23N5O3. The lowest BCUT2D eigenvalue weighted by molar-refractivity contribution is 0.0240. The zero-order valence-corrected chi connectivity index (χ0v) is 14.0. The van der Waals surface area contributed by atoms with E-state index in [2.05, 4.69) is 9.97 Å². The van der Waals surface area contributed by atoms with Crippen LogP contribution in [0.4, 0.5) is 16.4 Å². The van der Waals surface area contributed by atoms with Crippen molar-refractivity contribution in [2.45, 2.75) is 33.3 Å². The second kappa shape index (κ2) is 6.39. The molecule has 126 valence electrons. The molecule has 0 bridgehead atoms. The Labute approximate surface area is 135 Å². The third-order valence-electron chi connectivity index (χ3n) is 3.44. The van der Waals surface area contributed by atoms with Gasteiger partial charge in [-0.3, -0.25) is 4.79 Å². The van der Waals surface area contributed by atoms with E-state index in [1.54, 1.807) is 4.90 Å². The molecule has 0 radical (unpaired) electrons. The Morgan fingerprint density at radius 1 is 1.17 bits per heavy atom. The lowest BCUT2D eigenvalue weighted by Gasteiger charge is -2.36. The van der Waals surface area contributed by atoms with E-state index in [9.17, 15) is 9.59 Å². The summed E-state index contributed by atoms with van der Waals surface area (Å²) < 4.78 is 5.37. The maximum Gasteiger partial charge on any atom is 0.410 e. The van der Waals surface area contributed by atoms with Crippen LogP contribution in [0.25, 0.3) is 0 Å². The molecule has 1 aromatic rings. The first-order valence-corrected chi connectivity index (χ1v) is 7.53. The van der Waals surface area contributed by atoms with Crippen molar-refractivity contribution in [2.75, 3.05) is 36.8 Å². The maximum absolute atomic E-state index is 12.1. The smallest absolute Gasteiger partial charge is 0.410 e. The van der Waals surface area contributed by atoms with Crippen LogP contribution in [0.5, 0.6) is 0 Å². The molecular weight excluding hydrogens is 298 g/mol. The van der Waals surface area contributed by atoms with Gasteiger partial charge in [-0.2, -0.15) is 0 Å². The maximum atomic E-state index is 12.1. The third kappa shape index (κ3) is 4.08. The van der Waals surface area contributed by atoms with Gasteiger partial charge in [0.05, 0.1) is 0 Å². The van der Waals surface area contributed by atoms with Gasteiger partial charge in [0.1, 0.15) is 29.1 Å². The average Bonchev–Trinajstić information content (AvgIpc) is 2.45. The predicted molar refractivity (Wildman–Crippen MR) is 86.5 cm³/mol. The summed E-state index contributed by atoms with van der Waals surface area (Å²) in [6.45, 7) is 9.05. The third-order valence-corrected chi connectivity index (χ3v) is 3.44. The molecule has 23 heavy (non-hydrogen) atoms. The number of nitrogens with two attached hydrogens (primary N) is 1. The van der Waals surface area contributed by atoms with Crippen LogP contribution in [0, 0.1) is 0 Å². The zero-order chi connectivity index (χ0) is 17.2. The molecule has 1 aliphatic heterocycles. The minimum atomic E-state index is -0.517.